The number of fused-ring (bicyclic) bond motifs is 5. The largest absolute Gasteiger partial charge is 0.492 e. The van der Waals surface area contributed by atoms with Gasteiger partial charge < -0.3 is 142 Å². The van der Waals surface area contributed by atoms with Crippen LogP contribution in [-0.2, 0) is 160 Å². The summed E-state index contributed by atoms with van der Waals surface area (Å²) in [4.78, 5) is 169. The lowest BCUT2D eigenvalue weighted by Gasteiger charge is -2.32. The Hall–Kier alpha value is -10.9. The Morgan fingerprint density at radius 3 is 1.51 bits per heavy atom. The summed E-state index contributed by atoms with van der Waals surface area (Å²) in [5.74, 6) is -8.95. The molecule has 9 N–H and O–H groups in total. The topological polar surface area (TPSA) is 518 Å². The number of hydrogen-bond acceptors (Lipinski definition) is 33. The number of aromatic nitrogens is 2. The number of methoxy groups -OCH3 is 2. The maximum Gasteiger partial charge on any atom is 0.343 e. The first-order chi connectivity index (χ1) is 67.2. The van der Waals surface area contributed by atoms with E-state index < -0.39 is 127 Å². The van der Waals surface area contributed by atoms with Gasteiger partial charge in [0.1, 0.15) is 37.6 Å². The molecule has 3 atom stereocenters. The lowest BCUT2D eigenvalue weighted by Crippen LogP contribution is -2.52. The van der Waals surface area contributed by atoms with E-state index in [2.05, 4.69) is 42.5 Å². The van der Waals surface area contributed by atoms with Crippen LogP contribution in [0.15, 0.2) is 71.5 Å². The van der Waals surface area contributed by atoms with Crippen molar-refractivity contribution < 1.29 is 152 Å². The SMILES string of the molecule is COCCOCCOCCOCCOCCOCCOCCOCCNC(=O)c1cc(N2C(=O)C=CC2=O)cc(C(=O)NCCOCCOCCOCCOCCOCCOCCOCCOC)c1OCCCC(=O)NCC(=O)NCC(=O)N[C@@H](Cc1ccccc1)C(=O)NCC(=O)NCOCC(=O)N[C@H]1CCc2c(C)c(F)cc3nc4c(c1c23)Cn1c-4cc2c(c1=O)COC(=O)[C@]2(O)CC1CC1. The molecule has 0 spiro atoms. The molecule has 10 rings (SSSR count). The molecule has 0 radical (unpaired) electrons. The molecule has 0 bridgehead atoms. The monoisotopic (exact) mass is 1940 g/mol. The second-order valence-electron chi connectivity index (χ2n) is 32.2. The molecule has 3 aromatic carbocycles. The molecule has 5 heterocycles. The third kappa shape index (κ3) is 35.5. The Labute approximate surface area is 797 Å². The van der Waals surface area contributed by atoms with Gasteiger partial charge in [-0.25, -0.2) is 19.1 Å². The number of rotatable bonds is 73. The Morgan fingerprint density at radius 2 is 1.01 bits per heavy atom. The number of halogens is 1. The van der Waals surface area contributed by atoms with E-state index in [0.29, 0.717) is 208 Å². The van der Waals surface area contributed by atoms with Gasteiger partial charge in [-0.1, -0.05) is 43.2 Å². The molecular formula is C94H128FN11O32. The summed E-state index contributed by atoms with van der Waals surface area (Å²) in [6.07, 6.45) is 4.12. The molecule has 5 aromatic rings. The molecule has 43 nitrogen and oxygen atoms in total. The molecule has 3 aliphatic heterocycles. The minimum Gasteiger partial charge on any atom is -0.492 e. The number of esters is 1. The number of carbonyl (C=O) groups excluding carboxylic acids is 11. The highest BCUT2D eigenvalue weighted by Crippen LogP contribution is 2.48. The highest BCUT2D eigenvalue weighted by molar-refractivity contribution is 6.28. The summed E-state index contributed by atoms with van der Waals surface area (Å²) in [6.45, 7) is 8.57. The number of carbonyl (C=O) groups is 11. The number of pyridine rings is 2. The first-order valence-electron chi connectivity index (χ1n) is 46.3. The number of cyclic esters (lactones) is 1. The van der Waals surface area contributed by atoms with Crippen LogP contribution < -0.4 is 57.7 Å². The van der Waals surface area contributed by atoms with E-state index in [4.69, 9.17) is 95.0 Å². The Balaban J connectivity index is 0.649. The van der Waals surface area contributed by atoms with Gasteiger partial charge >= 0.3 is 5.97 Å². The van der Waals surface area contributed by atoms with Gasteiger partial charge in [-0.3, -0.25) is 52.7 Å². The zero-order valence-corrected chi connectivity index (χ0v) is 78.3. The van der Waals surface area contributed by atoms with E-state index in [1.807, 2.05) is 0 Å². The molecular weight excluding hydrogens is 1810 g/mol. The second kappa shape index (κ2) is 60.2. The van der Waals surface area contributed by atoms with Crippen LogP contribution >= 0.6 is 0 Å². The summed E-state index contributed by atoms with van der Waals surface area (Å²) in [6, 6.07) is 12.0. The number of amides is 10. The van der Waals surface area contributed by atoms with Gasteiger partial charge in [-0.2, -0.15) is 0 Å². The number of anilines is 1. The smallest absolute Gasteiger partial charge is 0.343 e. The van der Waals surface area contributed by atoms with Crippen LogP contribution in [0.2, 0.25) is 0 Å². The standard InChI is InChI=1S/C94H128FN11O32/c1-63-67-13-14-74(86-70-59-105-77(87(70)104-75(85(67)86)54-73(63)95)53-72-71(92(105)117)60-138-93(118)94(72,119)55-65-11-12-65)102-82(111)61-136-62-101-80(109)57-100-91(116)76(50-64-8-5-4-6-9-64)103-81(110)58-99-79(108)56-98-78(107)10-7-19-137-88-68(89(114)96-17-20-122-26-28-126-34-36-130-42-44-134-48-46-132-40-38-128-32-30-124-24-22-120-2)51-66(106-83(112)15-16-84(106)113)52-69(88)90(115)97-18-21-123-27-29-127-35-37-131-43-45-135-49-47-133-41-39-129-33-31-125-25-23-121-3/h4-6,8-9,15-16,51-54,65,74,76,119H,7,10-14,17-50,55-62H2,1-3H3,(H,96,114)(H,97,115)(H,98,107)(H,99,108)(H,100,116)(H,101,109)(H,102,111)(H,103,110)/t74-,76-,94-/m0/s1. The first kappa shape index (κ1) is 109. The fourth-order valence-electron chi connectivity index (χ4n) is 15.1. The van der Waals surface area contributed by atoms with E-state index in [-0.39, 0.29) is 151 Å². The summed E-state index contributed by atoms with van der Waals surface area (Å²) in [5, 5.41) is 33.4. The van der Waals surface area contributed by atoms with E-state index in [1.165, 1.54) is 22.8 Å². The quantitative estimate of drug-likeness (QED) is 0.0108. The number of hydrogen-bond donors (Lipinski definition) is 9. The number of imide groups is 1. The van der Waals surface area contributed by atoms with Crippen LogP contribution in [0.25, 0.3) is 22.3 Å². The van der Waals surface area contributed by atoms with Crippen LogP contribution in [0.1, 0.15) is 104 Å². The van der Waals surface area contributed by atoms with E-state index in [0.717, 1.165) is 29.9 Å². The maximum atomic E-state index is 15.6. The molecule has 5 aliphatic rings. The number of aliphatic hydroxyl groups is 1. The Morgan fingerprint density at radius 1 is 0.529 bits per heavy atom. The zero-order valence-electron chi connectivity index (χ0n) is 78.3. The van der Waals surface area contributed by atoms with Crippen molar-refractivity contribution in [3.63, 3.8) is 0 Å². The van der Waals surface area contributed by atoms with Gasteiger partial charge in [0, 0.05) is 74.9 Å². The summed E-state index contributed by atoms with van der Waals surface area (Å²) < 4.78 is 121. The van der Waals surface area contributed by atoms with Crippen LogP contribution in [-0.4, -0.2) is 351 Å². The van der Waals surface area contributed by atoms with Crippen LogP contribution in [0, 0.1) is 18.7 Å². The van der Waals surface area contributed by atoms with Gasteiger partial charge in [0.2, 0.25) is 35.4 Å². The van der Waals surface area contributed by atoms with Crippen molar-refractivity contribution in [1.82, 2.24) is 52.1 Å². The second-order valence-corrected chi connectivity index (χ2v) is 32.2. The molecule has 0 saturated heterocycles. The molecule has 44 heteroatoms. The number of ether oxygens (including phenoxy) is 19. The molecule has 138 heavy (non-hydrogen) atoms. The van der Waals surface area contributed by atoms with E-state index in [9.17, 15) is 62.6 Å². The van der Waals surface area contributed by atoms with Gasteiger partial charge in [-0.05, 0) is 79.0 Å². The fourth-order valence-corrected chi connectivity index (χ4v) is 15.1. The van der Waals surface area contributed by atoms with Crippen molar-refractivity contribution in [2.45, 2.75) is 89.1 Å². The van der Waals surface area contributed by atoms with Crippen molar-refractivity contribution >= 4 is 81.6 Å². The first-order valence-corrected chi connectivity index (χ1v) is 46.3. The Bertz CT molecular complexity index is 4810. The molecule has 2 aromatic heterocycles. The Kier molecular flexibility index (Phi) is 47.6. The average Bonchev–Trinajstić information content (AvgIpc) is 1.57. The van der Waals surface area contributed by atoms with Gasteiger partial charge in [-0.15, -0.1) is 0 Å². The van der Waals surface area contributed by atoms with Gasteiger partial charge in [0.25, 0.3) is 29.2 Å². The van der Waals surface area contributed by atoms with Gasteiger partial charge in [0.15, 0.2) is 5.60 Å². The summed E-state index contributed by atoms with van der Waals surface area (Å²) in [7, 11) is 3.22. The summed E-state index contributed by atoms with van der Waals surface area (Å²) in [5.41, 5.74) is 1.05. The summed E-state index contributed by atoms with van der Waals surface area (Å²) >= 11 is 0. The lowest BCUT2D eigenvalue weighted by molar-refractivity contribution is -0.173. The minimum atomic E-state index is -2.05. The van der Waals surface area contributed by atoms with Crippen molar-refractivity contribution in [2.24, 2.45) is 5.92 Å². The molecule has 0 unspecified atom stereocenters. The molecule has 1 saturated carbocycles. The van der Waals surface area contributed by atoms with Crippen molar-refractivity contribution in [1.29, 1.82) is 0 Å². The highest BCUT2D eigenvalue weighted by atomic mass is 19.1. The number of nitrogens with zero attached hydrogens (tertiary/aromatic N) is 3. The zero-order chi connectivity index (χ0) is 98.1. The molecule has 758 valence electrons. The minimum absolute atomic E-state index is 0.00327. The number of benzene rings is 3. The third-order valence-corrected chi connectivity index (χ3v) is 22.2. The predicted molar refractivity (Wildman–Crippen MR) is 488 cm³/mol. The average molecular weight is 1940 g/mol. The van der Waals surface area contributed by atoms with Crippen LogP contribution in [0.5, 0.6) is 5.75 Å². The maximum absolute atomic E-state index is 15.6. The lowest BCUT2D eigenvalue weighted by atomic mass is 9.81. The number of aryl methyl sites for hydroxylation is 1. The van der Waals surface area contributed by atoms with Crippen LogP contribution in [0.3, 0.4) is 0 Å². The molecule has 10 amide bonds. The molecule has 1 fully saturated rings. The normalized spacial score (nSPS) is 15.3. The van der Waals surface area contributed by atoms with E-state index >= 15 is 4.39 Å². The van der Waals surface area contributed by atoms with E-state index in [1.54, 1.807) is 57.5 Å². The van der Waals surface area contributed by atoms with Crippen LogP contribution in [0.4, 0.5) is 10.1 Å². The highest BCUT2D eigenvalue weighted by Gasteiger charge is 2.50. The van der Waals surface area contributed by atoms with Crippen molar-refractivity contribution in [3.05, 3.63) is 133 Å². The molecule has 2 aliphatic carbocycles. The fraction of sp³-hybridized carbons (Fsp3) is 0.585. The number of nitrogens with one attached hydrogen (secondary N) is 8. The van der Waals surface area contributed by atoms with Gasteiger partial charge in [0.05, 0.1) is 276 Å². The third-order valence-electron chi connectivity index (χ3n) is 22.2. The predicted octanol–water partition coefficient (Wildman–Crippen LogP) is 0.461. The van der Waals surface area contributed by atoms with Crippen molar-refractivity contribution in [3.8, 4) is 17.1 Å². The van der Waals surface area contributed by atoms with Crippen molar-refractivity contribution in [2.75, 3.05) is 270 Å².